The number of para-hydroxylation sites is 2. The lowest BCUT2D eigenvalue weighted by molar-refractivity contribution is 0.102. The average molecular weight is 348 g/mol. The van der Waals surface area contributed by atoms with Crippen LogP contribution in [0.3, 0.4) is 0 Å². The van der Waals surface area contributed by atoms with E-state index in [0.717, 1.165) is 22.5 Å². The minimum atomic E-state index is -0.248. The first-order chi connectivity index (χ1) is 12.6. The Balaban J connectivity index is 1.73. The number of ether oxygens (including phenoxy) is 1. The molecule has 0 aliphatic rings. The normalized spacial score (nSPS) is 10.3. The number of rotatable bonds is 5. The molecule has 0 aliphatic carbocycles. The van der Waals surface area contributed by atoms with Gasteiger partial charge in [0.05, 0.1) is 18.4 Å². The van der Waals surface area contributed by atoms with E-state index in [1.54, 1.807) is 7.11 Å². The van der Waals surface area contributed by atoms with Gasteiger partial charge in [0.2, 0.25) is 5.95 Å². The van der Waals surface area contributed by atoms with Crippen molar-refractivity contribution >= 4 is 23.2 Å². The van der Waals surface area contributed by atoms with Gasteiger partial charge in [-0.1, -0.05) is 24.3 Å². The molecule has 1 heterocycles. The lowest BCUT2D eigenvalue weighted by Crippen LogP contribution is -2.14. The standard InChI is InChI=1S/C20H20N4O2/c1-13-8-9-14(2)17(10-13)23-19(25)15-11-21-20(22-12-15)24-16-6-4-5-7-18(16)26-3/h4-12H,1-3H3,(H,23,25)(H,21,22,24). The van der Waals surface area contributed by atoms with Gasteiger partial charge < -0.3 is 15.4 Å². The molecule has 132 valence electrons. The fraction of sp³-hybridized carbons (Fsp3) is 0.150. The quantitative estimate of drug-likeness (QED) is 0.726. The largest absolute Gasteiger partial charge is 0.495 e. The third kappa shape index (κ3) is 3.97. The molecule has 0 aliphatic heterocycles. The van der Waals surface area contributed by atoms with E-state index in [4.69, 9.17) is 4.74 Å². The van der Waals surface area contributed by atoms with Gasteiger partial charge >= 0.3 is 0 Å². The topological polar surface area (TPSA) is 76.1 Å². The number of aryl methyl sites for hydroxylation is 2. The predicted octanol–water partition coefficient (Wildman–Crippen LogP) is 4.10. The van der Waals surface area contributed by atoms with Crippen molar-refractivity contribution in [3.05, 3.63) is 71.5 Å². The van der Waals surface area contributed by atoms with Crippen LogP contribution in [0.15, 0.2) is 54.9 Å². The van der Waals surface area contributed by atoms with Crippen LogP contribution >= 0.6 is 0 Å². The Morgan fingerprint density at radius 2 is 1.73 bits per heavy atom. The van der Waals surface area contributed by atoms with E-state index < -0.39 is 0 Å². The summed E-state index contributed by atoms with van der Waals surface area (Å²) >= 11 is 0. The van der Waals surface area contributed by atoms with Crippen molar-refractivity contribution in [2.75, 3.05) is 17.7 Å². The Kier molecular flexibility index (Phi) is 5.12. The summed E-state index contributed by atoms with van der Waals surface area (Å²) in [6.07, 6.45) is 2.98. The molecule has 1 amide bonds. The van der Waals surface area contributed by atoms with Crippen LogP contribution in [0.5, 0.6) is 5.75 Å². The molecule has 0 unspecified atom stereocenters. The molecule has 0 fully saturated rings. The molecule has 6 nitrogen and oxygen atoms in total. The first-order valence-corrected chi connectivity index (χ1v) is 8.17. The fourth-order valence-electron chi connectivity index (χ4n) is 2.44. The molecule has 6 heteroatoms. The number of hydrogen-bond donors (Lipinski definition) is 2. The Morgan fingerprint density at radius 3 is 2.46 bits per heavy atom. The van der Waals surface area contributed by atoms with Gasteiger partial charge in [-0.3, -0.25) is 4.79 Å². The van der Waals surface area contributed by atoms with Crippen molar-refractivity contribution in [3.63, 3.8) is 0 Å². The summed E-state index contributed by atoms with van der Waals surface area (Å²) in [4.78, 5) is 20.8. The Hall–Kier alpha value is -3.41. The van der Waals surface area contributed by atoms with Crippen molar-refractivity contribution in [1.29, 1.82) is 0 Å². The molecule has 0 radical (unpaired) electrons. The first kappa shape index (κ1) is 17.4. The van der Waals surface area contributed by atoms with Gasteiger partial charge in [-0.2, -0.15) is 0 Å². The summed E-state index contributed by atoms with van der Waals surface area (Å²) in [6.45, 7) is 3.93. The summed E-state index contributed by atoms with van der Waals surface area (Å²) < 4.78 is 5.28. The van der Waals surface area contributed by atoms with Crippen molar-refractivity contribution < 1.29 is 9.53 Å². The van der Waals surface area contributed by atoms with Crippen LogP contribution in [0.25, 0.3) is 0 Å². The molecule has 1 aromatic heterocycles. The number of carbonyl (C=O) groups is 1. The van der Waals surface area contributed by atoms with E-state index in [-0.39, 0.29) is 5.91 Å². The maximum atomic E-state index is 12.4. The highest BCUT2D eigenvalue weighted by atomic mass is 16.5. The number of hydrogen-bond acceptors (Lipinski definition) is 5. The van der Waals surface area contributed by atoms with Crippen molar-refractivity contribution in [1.82, 2.24) is 9.97 Å². The molecule has 0 bridgehead atoms. The minimum Gasteiger partial charge on any atom is -0.495 e. The molecule has 3 aromatic rings. The second kappa shape index (κ2) is 7.65. The molecule has 0 saturated carbocycles. The van der Waals surface area contributed by atoms with Crippen LogP contribution in [0.1, 0.15) is 21.5 Å². The fourth-order valence-corrected chi connectivity index (χ4v) is 2.44. The van der Waals surface area contributed by atoms with Gasteiger partial charge in [0, 0.05) is 18.1 Å². The Bertz CT molecular complexity index is 923. The van der Waals surface area contributed by atoms with Gasteiger partial charge in [0.25, 0.3) is 5.91 Å². The number of benzene rings is 2. The molecule has 0 atom stereocenters. The summed E-state index contributed by atoms with van der Waals surface area (Å²) in [5, 5.41) is 5.97. The number of anilines is 3. The Labute approximate surface area is 152 Å². The highest BCUT2D eigenvalue weighted by molar-refractivity contribution is 6.04. The van der Waals surface area contributed by atoms with E-state index in [1.807, 2.05) is 56.3 Å². The van der Waals surface area contributed by atoms with Crippen molar-refractivity contribution in [3.8, 4) is 5.75 Å². The zero-order valence-electron chi connectivity index (χ0n) is 14.9. The zero-order valence-corrected chi connectivity index (χ0v) is 14.9. The van der Waals surface area contributed by atoms with E-state index in [2.05, 4.69) is 20.6 Å². The lowest BCUT2D eigenvalue weighted by atomic mass is 10.1. The van der Waals surface area contributed by atoms with Gasteiger partial charge in [0.15, 0.2) is 0 Å². The van der Waals surface area contributed by atoms with Crippen LogP contribution in [-0.2, 0) is 0 Å². The molecule has 0 spiro atoms. The molecule has 3 rings (SSSR count). The highest BCUT2D eigenvalue weighted by Crippen LogP contribution is 2.25. The molecule has 0 saturated heterocycles. The molecule has 26 heavy (non-hydrogen) atoms. The third-order valence-corrected chi connectivity index (χ3v) is 3.91. The van der Waals surface area contributed by atoms with Crippen LogP contribution < -0.4 is 15.4 Å². The van der Waals surface area contributed by atoms with Gasteiger partial charge in [-0.15, -0.1) is 0 Å². The number of carbonyl (C=O) groups excluding carboxylic acids is 1. The van der Waals surface area contributed by atoms with E-state index in [0.29, 0.717) is 17.3 Å². The van der Waals surface area contributed by atoms with Crippen LogP contribution in [0.2, 0.25) is 0 Å². The number of amides is 1. The SMILES string of the molecule is COc1ccccc1Nc1ncc(C(=O)Nc2cc(C)ccc2C)cn1. The average Bonchev–Trinajstić information content (AvgIpc) is 2.65. The number of methoxy groups -OCH3 is 1. The van der Waals surface area contributed by atoms with E-state index in [1.165, 1.54) is 12.4 Å². The summed E-state index contributed by atoms with van der Waals surface area (Å²) in [5.74, 6) is 0.827. The maximum Gasteiger partial charge on any atom is 0.258 e. The van der Waals surface area contributed by atoms with Crippen molar-refractivity contribution in [2.24, 2.45) is 0 Å². The van der Waals surface area contributed by atoms with Crippen LogP contribution in [-0.4, -0.2) is 23.0 Å². The maximum absolute atomic E-state index is 12.4. The van der Waals surface area contributed by atoms with Gasteiger partial charge in [-0.05, 0) is 43.2 Å². The van der Waals surface area contributed by atoms with Crippen LogP contribution in [0.4, 0.5) is 17.3 Å². The predicted molar refractivity (Wildman–Crippen MR) is 102 cm³/mol. The molecular weight excluding hydrogens is 328 g/mol. The van der Waals surface area contributed by atoms with E-state index >= 15 is 0 Å². The number of nitrogens with one attached hydrogen (secondary N) is 2. The lowest BCUT2D eigenvalue weighted by Gasteiger charge is -2.11. The summed E-state index contributed by atoms with van der Waals surface area (Å²) in [5.41, 5.74) is 4.00. The summed E-state index contributed by atoms with van der Waals surface area (Å²) in [6, 6.07) is 13.4. The summed E-state index contributed by atoms with van der Waals surface area (Å²) in [7, 11) is 1.60. The number of nitrogens with zero attached hydrogens (tertiary/aromatic N) is 2. The second-order valence-corrected chi connectivity index (χ2v) is 5.89. The van der Waals surface area contributed by atoms with Crippen molar-refractivity contribution in [2.45, 2.75) is 13.8 Å². The first-order valence-electron chi connectivity index (χ1n) is 8.17. The molecule has 2 N–H and O–H groups in total. The zero-order chi connectivity index (χ0) is 18.5. The molecule has 2 aromatic carbocycles. The number of aromatic nitrogens is 2. The van der Waals surface area contributed by atoms with E-state index in [9.17, 15) is 4.79 Å². The van der Waals surface area contributed by atoms with Crippen LogP contribution in [0, 0.1) is 13.8 Å². The monoisotopic (exact) mass is 348 g/mol. The second-order valence-electron chi connectivity index (χ2n) is 5.89. The smallest absolute Gasteiger partial charge is 0.258 e. The van der Waals surface area contributed by atoms with Gasteiger partial charge in [-0.25, -0.2) is 9.97 Å². The third-order valence-electron chi connectivity index (χ3n) is 3.91. The van der Waals surface area contributed by atoms with Gasteiger partial charge in [0.1, 0.15) is 5.75 Å². The Morgan fingerprint density at radius 1 is 1.00 bits per heavy atom. The molecular formula is C20H20N4O2. The minimum absolute atomic E-state index is 0.248. The highest BCUT2D eigenvalue weighted by Gasteiger charge is 2.10.